The van der Waals surface area contributed by atoms with Gasteiger partial charge in [-0.15, -0.1) is 17.0 Å². The summed E-state index contributed by atoms with van der Waals surface area (Å²) in [5, 5.41) is 2.49. The number of aromatic amines is 1. The van der Waals surface area contributed by atoms with Crippen LogP contribution in [0.2, 0.25) is 0 Å². The minimum Gasteiger partial charge on any atom is -0.345 e. The van der Waals surface area contributed by atoms with Crippen molar-refractivity contribution in [1.29, 1.82) is 0 Å². The van der Waals surface area contributed by atoms with Crippen molar-refractivity contribution in [1.82, 2.24) is 9.97 Å². The molecule has 3 aromatic rings. The van der Waals surface area contributed by atoms with Crippen LogP contribution >= 0.6 is 17.0 Å². The molecule has 0 saturated heterocycles. The van der Waals surface area contributed by atoms with Crippen LogP contribution in [0.4, 0.5) is 0 Å². The minimum atomic E-state index is 0. The summed E-state index contributed by atoms with van der Waals surface area (Å²) in [6.45, 7) is 0. The van der Waals surface area contributed by atoms with Crippen LogP contribution in [0.3, 0.4) is 0 Å². The Labute approximate surface area is 91.7 Å². The molecule has 0 amide bonds. The molecule has 0 saturated carbocycles. The molecule has 0 radical (unpaired) electrons. The van der Waals surface area contributed by atoms with Crippen molar-refractivity contribution in [3.63, 3.8) is 0 Å². The lowest BCUT2D eigenvalue weighted by Gasteiger charge is -1.95. The maximum atomic E-state index is 4.21. The molecule has 2 aromatic carbocycles. The van der Waals surface area contributed by atoms with E-state index in [-0.39, 0.29) is 17.0 Å². The van der Waals surface area contributed by atoms with E-state index in [1.807, 2.05) is 12.1 Å². The van der Waals surface area contributed by atoms with Crippen molar-refractivity contribution in [2.45, 2.75) is 0 Å². The van der Waals surface area contributed by atoms with Crippen LogP contribution in [0.1, 0.15) is 0 Å². The Morgan fingerprint density at radius 3 is 2.50 bits per heavy atom. The molecule has 0 bridgehead atoms. The van der Waals surface area contributed by atoms with Crippen molar-refractivity contribution in [2.24, 2.45) is 0 Å². The second-order valence-corrected chi connectivity index (χ2v) is 3.12. The van der Waals surface area contributed by atoms with E-state index in [4.69, 9.17) is 0 Å². The highest BCUT2D eigenvalue weighted by atomic mass is 79.9. The van der Waals surface area contributed by atoms with Crippen LogP contribution in [0.25, 0.3) is 21.8 Å². The average molecular weight is 249 g/mol. The Morgan fingerprint density at radius 1 is 1.00 bits per heavy atom. The molecule has 3 rings (SSSR count). The van der Waals surface area contributed by atoms with Crippen molar-refractivity contribution < 1.29 is 0 Å². The molecule has 2 nitrogen and oxygen atoms in total. The third kappa shape index (κ3) is 1.30. The first-order valence-corrected chi connectivity index (χ1v) is 4.25. The highest BCUT2D eigenvalue weighted by Crippen LogP contribution is 2.19. The fourth-order valence-electron chi connectivity index (χ4n) is 1.62. The topological polar surface area (TPSA) is 28.7 Å². The van der Waals surface area contributed by atoms with Crippen LogP contribution in [-0.4, -0.2) is 9.97 Å². The Bertz CT molecular complexity index is 522. The molecular formula is C11H9BrN2. The Balaban J connectivity index is 0.000000750. The van der Waals surface area contributed by atoms with E-state index >= 15 is 0 Å². The molecule has 0 aliphatic heterocycles. The van der Waals surface area contributed by atoms with E-state index < -0.39 is 0 Å². The van der Waals surface area contributed by atoms with E-state index in [1.54, 1.807) is 6.33 Å². The SMILES string of the molecule is Br.c1ccc2cc3[nH]cnc3cc2c1. The number of nitrogens with one attached hydrogen (secondary N) is 1. The molecule has 0 aliphatic carbocycles. The summed E-state index contributed by atoms with van der Waals surface area (Å²) in [6.07, 6.45) is 1.73. The zero-order valence-corrected chi connectivity index (χ0v) is 9.11. The van der Waals surface area contributed by atoms with Gasteiger partial charge in [0.05, 0.1) is 17.4 Å². The van der Waals surface area contributed by atoms with Gasteiger partial charge in [0.1, 0.15) is 0 Å². The Hall–Kier alpha value is -1.35. The number of hydrogen-bond donors (Lipinski definition) is 1. The van der Waals surface area contributed by atoms with Gasteiger partial charge in [0.25, 0.3) is 0 Å². The number of rotatable bonds is 0. The molecule has 14 heavy (non-hydrogen) atoms. The second-order valence-electron chi connectivity index (χ2n) is 3.12. The highest BCUT2D eigenvalue weighted by molar-refractivity contribution is 8.93. The quantitative estimate of drug-likeness (QED) is 0.650. The third-order valence-corrected chi connectivity index (χ3v) is 2.29. The van der Waals surface area contributed by atoms with Gasteiger partial charge >= 0.3 is 0 Å². The van der Waals surface area contributed by atoms with Gasteiger partial charge in [0, 0.05) is 0 Å². The summed E-state index contributed by atoms with van der Waals surface area (Å²) in [5.41, 5.74) is 2.12. The predicted molar refractivity (Wildman–Crippen MR) is 63.9 cm³/mol. The van der Waals surface area contributed by atoms with Gasteiger partial charge in [-0.05, 0) is 22.9 Å². The highest BCUT2D eigenvalue weighted by Gasteiger charge is 1.97. The lowest BCUT2D eigenvalue weighted by atomic mass is 10.1. The largest absolute Gasteiger partial charge is 0.345 e. The van der Waals surface area contributed by atoms with E-state index in [2.05, 4.69) is 34.2 Å². The molecule has 0 fully saturated rings. The van der Waals surface area contributed by atoms with Gasteiger partial charge in [0.15, 0.2) is 0 Å². The number of aromatic nitrogens is 2. The predicted octanol–water partition coefficient (Wildman–Crippen LogP) is 3.29. The maximum Gasteiger partial charge on any atom is 0.0931 e. The number of halogens is 1. The molecule has 70 valence electrons. The minimum absolute atomic E-state index is 0. The number of fused-ring (bicyclic) bond motifs is 2. The van der Waals surface area contributed by atoms with Gasteiger partial charge in [-0.1, -0.05) is 24.3 Å². The first kappa shape index (κ1) is 9.21. The molecule has 1 N–H and O–H groups in total. The van der Waals surface area contributed by atoms with Crippen molar-refractivity contribution in [2.75, 3.05) is 0 Å². The van der Waals surface area contributed by atoms with Crippen LogP contribution in [0, 0.1) is 0 Å². The van der Waals surface area contributed by atoms with E-state index in [9.17, 15) is 0 Å². The molecule has 0 atom stereocenters. The third-order valence-electron chi connectivity index (χ3n) is 2.29. The number of H-pyrrole nitrogens is 1. The number of benzene rings is 2. The first-order chi connectivity index (χ1) is 6.43. The summed E-state index contributed by atoms with van der Waals surface area (Å²) in [7, 11) is 0. The smallest absolute Gasteiger partial charge is 0.0931 e. The second kappa shape index (κ2) is 3.42. The summed E-state index contributed by atoms with van der Waals surface area (Å²) < 4.78 is 0. The summed E-state index contributed by atoms with van der Waals surface area (Å²) >= 11 is 0. The molecule has 0 aliphatic rings. The lowest BCUT2D eigenvalue weighted by Crippen LogP contribution is -1.73. The van der Waals surface area contributed by atoms with Gasteiger partial charge in [-0.2, -0.15) is 0 Å². The van der Waals surface area contributed by atoms with Crippen molar-refractivity contribution in [3.8, 4) is 0 Å². The first-order valence-electron chi connectivity index (χ1n) is 4.25. The fourth-order valence-corrected chi connectivity index (χ4v) is 1.62. The van der Waals surface area contributed by atoms with E-state index in [0.29, 0.717) is 0 Å². The van der Waals surface area contributed by atoms with Crippen molar-refractivity contribution in [3.05, 3.63) is 42.7 Å². The fraction of sp³-hybridized carbons (Fsp3) is 0. The Morgan fingerprint density at radius 2 is 1.71 bits per heavy atom. The van der Waals surface area contributed by atoms with E-state index in [0.717, 1.165) is 11.0 Å². The molecule has 0 unspecified atom stereocenters. The molecule has 3 heteroatoms. The standard InChI is InChI=1S/C11H8N2.BrH/c1-2-4-9-6-11-10(12-7-13-11)5-8(9)3-1;/h1-7H,(H,12,13);1H. The van der Waals surface area contributed by atoms with Crippen LogP contribution in [-0.2, 0) is 0 Å². The van der Waals surface area contributed by atoms with Gasteiger partial charge in [-0.3, -0.25) is 0 Å². The van der Waals surface area contributed by atoms with Gasteiger partial charge < -0.3 is 4.98 Å². The molecule has 1 aromatic heterocycles. The molecular weight excluding hydrogens is 240 g/mol. The zero-order chi connectivity index (χ0) is 8.67. The maximum absolute atomic E-state index is 4.21. The summed E-state index contributed by atoms with van der Waals surface area (Å²) in [6, 6.07) is 12.5. The summed E-state index contributed by atoms with van der Waals surface area (Å²) in [5.74, 6) is 0. The number of hydrogen-bond acceptors (Lipinski definition) is 1. The number of imidazole rings is 1. The van der Waals surface area contributed by atoms with Gasteiger partial charge in [0.2, 0.25) is 0 Å². The average Bonchev–Trinajstić information content (AvgIpc) is 2.61. The Kier molecular flexibility index (Phi) is 2.25. The normalized spacial score (nSPS) is 10.3. The molecule has 0 spiro atoms. The monoisotopic (exact) mass is 248 g/mol. The molecule has 1 heterocycles. The summed E-state index contributed by atoms with van der Waals surface area (Å²) in [4.78, 5) is 7.31. The van der Waals surface area contributed by atoms with E-state index in [1.165, 1.54) is 10.8 Å². The zero-order valence-electron chi connectivity index (χ0n) is 7.40. The number of nitrogens with zero attached hydrogens (tertiary/aromatic N) is 1. The van der Waals surface area contributed by atoms with Crippen LogP contribution < -0.4 is 0 Å². The van der Waals surface area contributed by atoms with Crippen LogP contribution in [0.15, 0.2) is 42.7 Å². The van der Waals surface area contributed by atoms with Crippen molar-refractivity contribution >= 4 is 38.8 Å². The van der Waals surface area contributed by atoms with Gasteiger partial charge in [-0.25, -0.2) is 4.98 Å². The lowest BCUT2D eigenvalue weighted by molar-refractivity contribution is 1.34. The van der Waals surface area contributed by atoms with Crippen LogP contribution in [0.5, 0.6) is 0 Å².